The van der Waals surface area contributed by atoms with Crippen molar-refractivity contribution in [3.8, 4) is 0 Å². The van der Waals surface area contributed by atoms with Gasteiger partial charge in [0.1, 0.15) is 5.38 Å². The molecule has 14 heavy (non-hydrogen) atoms. The molecule has 1 atom stereocenters. The SMILES string of the molecule is C[C@@H](Cl)C(=O)NC(=O)NC1CCCC1. The molecule has 0 aliphatic heterocycles. The average molecular weight is 219 g/mol. The van der Waals surface area contributed by atoms with E-state index >= 15 is 0 Å². The molecule has 1 aliphatic rings. The molecule has 1 rings (SSSR count). The minimum absolute atomic E-state index is 0.216. The fourth-order valence-corrected chi connectivity index (χ4v) is 1.56. The minimum atomic E-state index is -0.677. The lowest BCUT2D eigenvalue weighted by Gasteiger charge is -2.12. The number of nitrogens with one attached hydrogen (secondary N) is 2. The molecule has 4 nitrogen and oxygen atoms in total. The van der Waals surface area contributed by atoms with Crippen LogP contribution in [0.3, 0.4) is 0 Å². The van der Waals surface area contributed by atoms with Crippen LogP contribution in [-0.2, 0) is 4.79 Å². The Labute approximate surface area is 88.4 Å². The Morgan fingerprint density at radius 2 is 1.93 bits per heavy atom. The summed E-state index contributed by atoms with van der Waals surface area (Å²) in [5.74, 6) is -0.456. The second-order valence-corrected chi connectivity index (χ2v) is 4.21. The van der Waals surface area contributed by atoms with Crippen molar-refractivity contribution < 1.29 is 9.59 Å². The van der Waals surface area contributed by atoms with Gasteiger partial charge in [-0.15, -0.1) is 11.6 Å². The summed E-state index contributed by atoms with van der Waals surface area (Å²) in [5.41, 5.74) is 0. The molecule has 0 spiro atoms. The predicted octanol–water partition coefficient (Wildman–Crippen LogP) is 1.38. The molecular formula is C9H15ClN2O2. The third-order valence-electron chi connectivity index (χ3n) is 2.29. The third kappa shape index (κ3) is 3.54. The lowest BCUT2D eigenvalue weighted by molar-refractivity contribution is -0.119. The van der Waals surface area contributed by atoms with E-state index in [9.17, 15) is 9.59 Å². The second-order valence-electron chi connectivity index (χ2n) is 3.56. The molecule has 0 aromatic rings. The van der Waals surface area contributed by atoms with Gasteiger partial charge >= 0.3 is 6.03 Å². The van der Waals surface area contributed by atoms with Gasteiger partial charge < -0.3 is 5.32 Å². The van der Waals surface area contributed by atoms with Crippen LogP contribution in [-0.4, -0.2) is 23.4 Å². The number of hydrogen-bond acceptors (Lipinski definition) is 2. The minimum Gasteiger partial charge on any atom is -0.335 e. The van der Waals surface area contributed by atoms with Gasteiger partial charge in [-0.05, 0) is 19.8 Å². The van der Waals surface area contributed by atoms with Crippen LogP contribution < -0.4 is 10.6 Å². The first kappa shape index (κ1) is 11.3. The lowest BCUT2D eigenvalue weighted by atomic mass is 10.2. The van der Waals surface area contributed by atoms with Crippen molar-refractivity contribution in [3.05, 3.63) is 0 Å². The van der Waals surface area contributed by atoms with Crippen LogP contribution in [0.15, 0.2) is 0 Å². The van der Waals surface area contributed by atoms with Gasteiger partial charge in [-0.2, -0.15) is 0 Å². The van der Waals surface area contributed by atoms with Gasteiger partial charge in [0.2, 0.25) is 5.91 Å². The number of imide groups is 1. The van der Waals surface area contributed by atoms with Crippen LogP contribution in [0.5, 0.6) is 0 Å². The van der Waals surface area contributed by atoms with Gasteiger partial charge in [-0.1, -0.05) is 12.8 Å². The Morgan fingerprint density at radius 3 is 2.43 bits per heavy atom. The van der Waals surface area contributed by atoms with Crippen molar-refractivity contribution in [1.82, 2.24) is 10.6 Å². The number of urea groups is 1. The lowest BCUT2D eigenvalue weighted by Crippen LogP contribution is -2.45. The zero-order chi connectivity index (χ0) is 10.6. The zero-order valence-electron chi connectivity index (χ0n) is 8.18. The Bertz CT molecular complexity index is 225. The topological polar surface area (TPSA) is 58.2 Å². The van der Waals surface area contributed by atoms with Gasteiger partial charge in [0.15, 0.2) is 0 Å². The number of halogens is 1. The summed E-state index contributed by atoms with van der Waals surface area (Å²) < 4.78 is 0. The first-order valence-electron chi connectivity index (χ1n) is 4.85. The molecule has 0 radical (unpaired) electrons. The maximum Gasteiger partial charge on any atom is 0.321 e. The molecule has 0 aromatic heterocycles. The fourth-order valence-electron chi connectivity index (χ4n) is 1.50. The fraction of sp³-hybridized carbons (Fsp3) is 0.778. The largest absolute Gasteiger partial charge is 0.335 e. The van der Waals surface area contributed by atoms with Crippen LogP contribution in [0, 0.1) is 0 Å². The van der Waals surface area contributed by atoms with Gasteiger partial charge in [-0.3, -0.25) is 10.1 Å². The van der Waals surface area contributed by atoms with Crippen molar-refractivity contribution in [1.29, 1.82) is 0 Å². The summed E-state index contributed by atoms with van der Waals surface area (Å²) in [7, 11) is 0. The molecule has 2 N–H and O–H groups in total. The molecule has 1 fully saturated rings. The molecule has 0 aromatic carbocycles. The number of alkyl halides is 1. The molecule has 5 heteroatoms. The van der Waals surface area contributed by atoms with Crippen LogP contribution in [0.25, 0.3) is 0 Å². The highest BCUT2D eigenvalue weighted by atomic mass is 35.5. The Balaban J connectivity index is 2.24. The second kappa shape index (κ2) is 5.20. The van der Waals surface area contributed by atoms with Gasteiger partial charge in [0.25, 0.3) is 0 Å². The third-order valence-corrected chi connectivity index (χ3v) is 2.49. The average Bonchev–Trinajstić information content (AvgIpc) is 2.56. The summed E-state index contributed by atoms with van der Waals surface area (Å²) in [6, 6.07) is -0.220. The first-order valence-corrected chi connectivity index (χ1v) is 5.28. The number of hydrogen-bond donors (Lipinski definition) is 2. The molecular weight excluding hydrogens is 204 g/mol. The van der Waals surface area contributed by atoms with Gasteiger partial charge in [-0.25, -0.2) is 4.79 Å². The van der Waals surface area contributed by atoms with E-state index in [0.29, 0.717) is 0 Å². The maximum absolute atomic E-state index is 11.2. The first-order chi connectivity index (χ1) is 6.59. The number of carbonyl (C=O) groups excluding carboxylic acids is 2. The van der Waals surface area contributed by atoms with E-state index in [1.807, 2.05) is 0 Å². The Kier molecular flexibility index (Phi) is 4.20. The summed E-state index contributed by atoms with van der Waals surface area (Å²) in [4.78, 5) is 22.2. The molecule has 0 bridgehead atoms. The Morgan fingerprint density at radius 1 is 1.36 bits per heavy atom. The van der Waals surface area contributed by atoms with Crippen LogP contribution >= 0.6 is 11.6 Å². The molecule has 3 amide bonds. The monoisotopic (exact) mass is 218 g/mol. The van der Waals surface area contributed by atoms with Crippen LogP contribution in [0.4, 0.5) is 4.79 Å². The highest BCUT2D eigenvalue weighted by Gasteiger charge is 2.19. The highest BCUT2D eigenvalue weighted by molar-refractivity contribution is 6.31. The molecule has 1 saturated carbocycles. The Hall–Kier alpha value is -0.770. The molecule has 0 unspecified atom stereocenters. The van der Waals surface area contributed by atoms with Crippen molar-refractivity contribution in [2.24, 2.45) is 0 Å². The molecule has 1 aliphatic carbocycles. The molecule has 80 valence electrons. The van der Waals surface area contributed by atoms with Crippen LogP contribution in [0.1, 0.15) is 32.6 Å². The van der Waals surface area contributed by atoms with Crippen molar-refractivity contribution in [2.45, 2.75) is 44.0 Å². The summed E-state index contributed by atoms with van der Waals surface area (Å²) in [6.45, 7) is 1.53. The summed E-state index contributed by atoms with van der Waals surface area (Å²) >= 11 is 5.50. The predicted molar refractivity (Wildman–Crippen MR) is 54.2 cm³/mol. The number of rotatable bonds is 2. The van der Waals surface area contributed by atoms with Gasteiger partial charge in [0.05, 0.1) is 0 Å². The summed E-state index contributed by atoms with van der Waals surface area (Å²) in [6.07, 6.45) is 4.28. The molecule has 0 saturated heterocycles. The van der Waals surface area contributed by atoms with E-state index in [-0.39, 0.29) is 6.04 Å². The van der Waals surface area contributed by atoms with Crippen LogP contribution in [0.2, 0.25) is 0 Å². The van der Waals surface area contributed by atoms with E-state index in [4.69, 9.17) is 11.6 Å². The van der Waals surface area contributed by atoms with E-state index in [1.165, 1.54) is 6.92 Å². The van der Waals surface area contributed by atoms with E-state index in [1.54, 1.807) is 0 Å². The van der Waals surface area contributed by atoms with Crippen molar-refractivity contribution in [2.75, 3.05) is 0 Å². The molecule has 0 heterocycles. The van der Waals surface area contributed by atoms with E-state index in [2.05, 4.69) is 10.6 Å². The quantitative estimate of drug-likeness (QED) is 0.688. The normalized spacial score (nSPS) is 19.0. The van der Waals surface area contributed by atoms with Crippen molar-refractivity contribution >= 4 is 23.5 Å². The van der Waals surface area contributed by atoms with E-state index < -0.39 is 17.3 Å². The summed E-state index contributed by atoms with van der Waals surface area (Å²) in [5, 5.41) is 4.24. The number of amides is 3. The highest BCUT2D eigenvalue weighted by Crippen LogP contribution is 2.17. The van der Waals surface area contributed by atoms with E-state index in [0.717, 1.165) is 25.7 Å². The number of carbonyl (C=O) groups is 2. The van der Waals surface area contributed by atoms with Gasteiger partial charge in [0, 0.05) is 6.04 Å². The smallest absolute Gasteiger partial charge is 0.321 e. The zero-order valence-corrected chi connectivity index (χ0v) is 8.93. The maximum atomic E-state index is 11.2. The standard InChI is InChI=1S/C9H15ClN2O2/c1-6(10)8(13)12-9(14)11-7-4-2-3-5-7/h6-7H,2-5H2,1H3,(H2,11,12,13,14)/t6-/m1/s1. The van der Waals surface area contributed by atoms with Crippen molar-refractivity contribution in [3.63, 3.8) is 0 Å².